The minimum atomic E-state index is -0.359. The second-order valence-corrected chi connectivity index (χ2v) is 6.26. The molecular weight excluding hydrogens is 248 g/mol. The van der Waals surface area contributed by atoms with Crippen LogP contribution in [0.25, 0.3) is 0 Å². The SMILES string of the molecule is Cc1cc(C(N)=O)ccc1CNC1CCCC(C)C1C. The summed E-state index contributed by atoms with van der Waals surface area (Å²) in [5.41, 5.74) is 8.27. The van der Waals surface area contributed by atoms with Crippen LogP contribution >= 0.6 is 0 Å². The predicted octanol–water partition coefficient (Wildman–Crippen LogP) is 3.01. The van der Waals surface area contributed by atoms with Crippen LogP contribution in [0.15, 0.2) is 18.2 Å². The average Bonchev–Trinajstić information content (AvgIpc) is 2.41. The summed E-state index contributed by atoms with van der Waals surface area (Å²) in [6.45, 7) is 7.61. The summed E-state index contributed by atoms with van der Waals surface area (Å²) in [5, 5.41) is 3.69. The highest BCUT2D eigenvalue weighted by molar-refractivity contribution is 5.93. The Balaban J connectivity index is 1.98. The summed E-state index contributed by atoms with van der Waals surface area (Å²) in [7, 11) is 0. The Labute approximate surface area is 121 Å². The minimum absolute atomic E-state index is 0.359. The fourth-order valence-electron chi connectivity index (χ4n) is 3.16. The summed E-state index contributed by atoms with van der Waals surface area (Å²) >= 11 is 0. The second-order valence-electron chi connectivity index (χ2n) is 6.26. The number of amides is 1. The van der Waals surface area contributed by atoms with E-state index in [1.807, 2.05) is 25.1 Å². The lowest BCUT2D eigenvalue weighted by atomic mass is 9.78. The molecule has 3 unspecified atom stereocenters. The molecule has 1 saturated carbocycles. The van der Waals surface area contributed by atoms with Crippen LogP contribution in [-0.2, 0) is 6.54 Å². The van der Waals surface area contributed by atoms with E-state index >= 15 is 0 Å². The lowest BCUT2D eigenvalue weighted by molar-refractivity contribution is 0.1000. The Hall–Kier alpha value is -1.35. The Morgan fingerprint density at radius 3 is 2.75 bits per heavy atom. The number of hydrogen-bond donors (Lipinski definition) is 2. The number of nitrogens with two attached hydrogens (primary N) is 1. The van der Waals surface area contributed by atoms with Gasteiger partial charge in [0, 0.05) is 18.2 Å². The maximum Gasteiger partial charge on any atom is 0.248 e. The van der Waals surface area contributed by atoms with Gasteiger partial charge in [0.25, 0.3) is 0 Å². The number of nitrogens with one attached hydrogen (secondary N) is 1. The van der Waals surface area contributed by atoms with Crippen LogP contribution in [0.2, 0.25) is 0 Å². The smallest absolute Gasteiger partial charge is 0.248 e. The molecule has 1 aliphatic rings. The zero-order valence-corrected chi connectivity index (χ0v) is 12.8. The summed E-state index contributed by atoms with van der Waals surface area (Å²) in [6, 6.07) is 6.32. The summed E-state index contributed by atoms with van der Waals surface area (Å²) in [6.07, 6.45) is 3.94. The first-order chi connectivity index (χ1) is 9.49. The van der Waals surface area contributed by atoms with Crippen molar-refractivity contribution >= 4 is 5.91 Å². The van der Waals surface area contributed by atoms with Gasteiger partial charge in [0.1, 0.15) is 0 Å². The monoisotopic (exact) mass is 274 g/mol. The molecule has 1 amide bonds. The molecule has 1 aromatic rings. The van der Waals surface area contributed by atoms with Crippen molar-refractivity contribution in [1.82, 2.24) is 5.32 Å². The van der Waals surface area contributed by atoms with Gasteiger partial charge in [-0.05, 0) is 48.4 Å². The molecule has 0 saturated heterocycles. The highest BCUT2D eigenvalue weighted by Crippen LogP contribution is 2.29. The van der Waals surface area contributed by atoms with E-state index in [4.69, 9.17) is 5.73 Å². The lowest BCUT2D eigenvalue weighted by Crippen LogP contribution is -2.40. The van der Waals surface area contributed by atoms with Gasteiger partial charge in [0.15, 0.2) is 0 Å². The molecule has 20 heavy (non-hydrogen) atoms. The third-order valence-corrected chi connectivity index (χ3v) is 4.89. The first-order valence-electron chi connectivity index (χ1n) is 7.61. The fraction of sp³-hybridized carbons (Fsp3) is 0.588. The summed E-state index contributed by atoms with van der Waals surface area (Å²) in [5.74, 6) is 1.18. The number of primary amides is 1. The second kappa shape index (κ2) is 6.40. The van der Waals surface area contributed by atoms with E-state index in [9.17, 15) is 4.79 Å². The van der Waals surface area contributed by atoms with Crippen molar-refractivity contribution in [2.24, 2.45) is 17.6 Å². The normalized spacial score (nSPS) is 26.4. The van der Waals surface area contributed by atoms with Gasteiger partial charge in [0.2, 0.25) is 5.91 Å². The van der Waals surface area contributed by atoms with Crippen molar-refractivity contribution in [3.63, 3.8) is 0 Å². The third kappa shape index (κ3) is 3.40. The van der Waals surface area contributed by atoms with E-state index in [-0.39, 0.29) is 5.91 Å². The number of rotatable bonds is 4. The van der Waals surface area contributed by atoms with Crippen molar-refractivity contribution in [1.29, 1.82) is 0 Å². The predicted molar refractivity (Wildman–Crippen MR) is 82.5 cm³/mol. The fourth-order valence-corrected chi connectivity index (χ4v) is 3.16. The molecule has 1 aliphatic carbocycles. The van der Waals surface area contributed by atoms with Crippen molar-refractivity contribution in [3.8, 4) is 0 Å². The largest absolute Gasteiger partial charge is 0.366 e. The highest BCUT2D eigenvalue weighted by Gasteiger charge is 2.26. The molecule has 0 heterocycles. The van der Waals surface area contributed by atoms with Gasteiger partial charge in [-0.3, -0.25) is 4.79 Å². The van der Waals surface area contributed by atoms with Gasteiger partial charge in [-0.15, -0.1) is 0 Å². The molecule has 3 N–H and O–H groups in total. The van der Waals surface area contributed by atoms with E-state index in [2.05, 4.69) is 19.2 Å². The number of carbonyl (C=O) groups excluding carboxylic acids is 1. The topological polar surface area (TPSA) is 55.1 Å². The van der Waals surface area contributed by atoms with Gasteiger partial charge < -0.3 is 11.1 Å². The summed E-state index contributed by atoms with van der Waals surface area (Å²) < 4.78 is 0. The van der Waals surface area contributed by atoms with E-state index in [0.29, 0.717) is 11.6 Å². The van der Waals surface area contributed by atoms with E-state index in [1.165, 1.54) is 24.8 Å². The van der Waals surface area contributed by atoms with Crippen LogP contribution in [0.3, 0.4) is 0 Å². The molecule has 2 rings (SSSR count). The van der Waals surface area contributed by atoms with Crippen LogP contribution in [0.4, 0.5) is 0 Å². The maximum absolute atomic E-state index is 11.2. The molecule has 0 spiro atoms. The van der Waals surface area contributed by atoms with Crippen molar-refractivity contribution < 1.29 is 4.79 Å². The van der Waals surface area contributed by atoms with Crippen molar-refractivity contribution in [2.75, 3.05) is 0 Å². The first-order valence-corrected chi connectivity index (χ1v) is 7.61. The molecule has 110 valence electrons. The number of hydrogen-bond acceptors (Lipinski definition) is 2. The molecule has 0 bridgehead atoms. The molecule has 3 nitrogen and oxygen atoms in total. The quantitative estimate of drug-likeness (QED) is 0.886. The lowest BCUT2D eigenvalue weighted by Gasteiger charge is -2.35. The van der Waals surface area contributed by atoms with E-state index in [1.54, 1.807) is 0 Å². The van der Waals surface area contributed by atoms with Crippen LogP contribution in [0.5, 0.6) is 0 Å². The molecule has 0 radical (unpaired) electrons. The third-order valence-electron chi connectivity index (χ3n) is 4.89. The molecule has 1 aromatic carbocycles. The Morgan fingerprint density at radius 2 is 2.10 bits per heavy atom. The van der Waals surface area contributed by atoms with E-state index in [0.717, 1.165) is 23.9 Å². The molecule has 1 fully saturated rings. The Kier molecular flexibility index (Phi) is 4.81. The van der Waals surface area contributed by atoms with Gasteiger partial charge in [-0.25, -0.2) is 0 Å². The highest BCUT2D eigenvalue weighted by atomic mass is 16.1. The van der Waals surface area contributed by atoms with E-state index < -0.39 is 0 Å². The van der Waals surface area contributed by atoms with Gasteiger partial charge >= 0.3 is 0 Å². The molecule has 0 aromatic heterocycles. The number of aryl methyl sites for hydroxylation is 1. The van der Waals surface area contributed by atoms with Crippen LogP contribution in [0, 0.1) is 18.8 Å². The number of benzene rings is 1. The molecule has 3 heteroatoms. The zero-order valence-electron chi connectivity index (χ0n) is 12.8. The number of carbonyl (C=O) groups is 1. The van der Waals surface area contributed by atoms with Gasteiger partial charge in [-0.1, -0.05) is 32.8 Å². The molecule has 3 atom stereocenters. The zero-order chi connectivity index (χ0) is 14.7. The first kappa shape index (κ1) is 15.0. The van der Waals surface area contributed by atoms with Crippen molar-refractivity contribution in [2.45, 2.75) is 52.6 Å². The van der Waals surface area contributed by atoms with Crippen LogP contribution in [0.1, 0.15) is 54.6 Å². The summed E-state index contributed by atoms with van der Waals surface area (Å²) in [4.78, 5) is 11.2. The Bertz CT molecular complexity index is 484. The maximum atomic E-state index is 11.2. The Morgan fingerprint density at radius 1 is 1.35 bits per heavy atom. The van der Waals surface area contributed by atoms with Crippen molar-refractivity contribution in [3.05, 3.63) is 34.9 Å². The average molecular weight is 274 g/mol. The van der Waals surface area contributed by atoms with Gasteiger partial charge in [-0.2, -0.15) is 0 Å². The minimum Gasteiger partial charge on any atom is -0.366 e. The molecule has 0 aliphatic heterocycles. The standard InChI is InChI=1S/C17H26N2O/c1-11-5-4-6-16(13(11)3)19-10-15-8-7-14(17(18)20)9-12(15)2/h7-9,11,13,16,19H,4-6,10H2,1-3H3,(H2,18,20). The van der Waals surface area contributed by atoms with Gasteiger partial charge in [0.05, 0.1) is 0 Å². The van der Waals surface area contributed by atoms with Crippen LogP contribution < -0.4 is 11.1 Å². The van der Waals surface area contributed by atoms with Crippen LogP contribution in [-0.4, -0.2) is 11.9 Å². The molecular formula is C17H26N2O.